The van der Waals surface area contributed by atoms with Gasteiger partial charge in [-0.1, -0.05) is 6.07 Å². The Balaban J connectivity index is 1.79. The van der Waals surface area contributed by atoms with Crippen LogP contribution in [0.3, 0.4) is 0 Å². The molecule has 1 aromatic heterocycles. The summed E-state index contributed by atoms with van der Waals surface area (Å²) in [7, 11) is -3.18. The molecular formula is C14H20N2O4S2. The molecular weight excluding hydrogens is 324 g/mol. The Hall–Kier alpha value is -1.25. The van der Waals surface area contributed by atoms with Gasteiger partial charge in [-0.15, -0.1) is 11.3 Å². The highest BCUT2D eigenvalue weighted by Gasteiger charge is 2.27. The molecule has 6 nitrogen and oxygen atoms in total. The molecule has 1 saturated heterocycles. The number of thiophene rings is 1. The van der Waals surface area contributed by atoms with E-state index in [-0.39, 0.29) is 30.3 Å². The molecule has 1 aliphatic heterocycles. The zero-order valence-corrected chi connectivity index (χ0v) is 14.2. The lowest BCUT2D eigenvalue weighted by Gasteiger charge is -2.33. The van der Waals surface area contributed by atoms with E-state index in [1.165, 1.54) is 15.6 Å². The maximum atomic E-state index is 12.1. The van der Waals surface area contributed by atoms with Crippen molar-refractivity contribution in [3.8, 4) is 0 Å². The predicted molar refractivity (Wildman–Crippen MR) is 85.5 cm³/mol. The molecule has 1 aromatic rings. The van der Waals surface area contributed by atoms with Gasteiger partial charge in [-0.25, -0.2) is 8.42 Å². The molecule has 0 spiro atoms. The van der Waals surface area contributed by atoms with Crippen LogP contribution >= 0.6 is 11.3 Å². The van der Waals surface area contributed by atoms with Crippen molar-refractivity contribution in [3.63, 3.8) is 0 Å². The molecule has 1 amide bonds. The molecule has 2 rings (SSSR count). The van der Waals surface area contributed by atoms with Gasteiger partial charge in [-0.05, 0) is 18.4 Å². The second-order valence-electron chi connectivity index (χ2n) is 5.08. The van der Waals surface area contributed by atoms with Crippen molar-refractivity contribution in [2.24, 2.45) is 0 Å². The number of carbonyl (C=O) groups excluding carboxylic acids is 2. The first-order valence-corrected chi connectivity index (χ1v) is 9.75. The molecule has 0 aliphatic carbocycles. The molecule has 22 heavy (non-hydrogen) atoms. The van der Waals surface area contributed by atoms with Crippen molar-refractivity contribution in [1.29, 1.82) is 0 Å². The molecule has 0 saturated carbocycles. The first-order valence-electron chi connectivity index (χ1n) is 7.26. The fourth-order valence-corrected chi connectivity index (χ4v) is 4.12. The van der Waals surface area contributed by atoms with Gasteiger partial charge in [0.25, 0.3) is 0 Å². The lowest BCUT2D eigenvalue weighted by molar-refractivity contribution is -0.132. The van der Waals surface area contributed by atoms with Gasteiger partial charge in [0, 0.05) is 39.0 Å². The third-order valence-electron chi connectivity index (χ3n) is 3.71. The van der Waals surface area contributed by atoms with Crippen molar-refractivity contribution < 1.29 is 18.0 Å². The van der Waals surface area contributed by atoms with E-state index in [9.17, 15) is 18.0 Å². The van der Waals surface area contributed by atoms with Gasteiger partial charge in [-0.2, -0.15) is 4.31 Å². The number of hydrogen-bond donors (Lipinski definition) is 0. The molecule has 0 bridgehead atoms. The summed E-state index contributed by atoms with van der Waals surface area (Å²) in [4.78, 5) is 26.3. The number of amides is 1. The summed E-state index contributed by atoms with van der Waals surface area (Å²) < 4.78 is 24.9. The van der Waals surface area contributed by atoms with Crippen molar-refractivity contribution in [3.05, 3.63) is 22.4 Å². The molecule has 0 radical (unpaired) electrons. The Morgan fingerprint density at radius 2 is 1.86 bits per heavy atom. The summed E-state index contributed by atoms with van der Waals surface area (Å²) in [6, 6.07) is 3.57. The van der Waals surface area contributed by atoms with E-state index in [0.29, 0.717) is 31.1 Å². The third kappa shape index (κ3) is 4.15. The quantitative estimate of drug-likeness (QED) is 0.727. The van der Waals surface area contributed by atoms with Crippen LogP contribution in [0.4, 0.5) is 0 Å². The molecule has 0 atom stereocenters. The summed E-state index contributed by atoms with van der Waals surface area (Å²) in [6.45, 7) is 3.07. The van der Waals surface area contributed by atoms with Gasteiger partial charge in [0.05, 0.1) is 10.6 Å². The summed E-state index contributed by atoms with van der Waals surface area (Å²) >= 11 is 1.38. The number of piperazine rings is 1. The largest absolute Gasteiger partial charge is 0.340 e. The second-order valence-corrected chi connectivity index (χ2v) is 8.29. The van der Waals surface area contributed by atoms with Crippen molar-refractivity contribution >= 4 is 33.1 Å². The van der Waals surface area contributed by atoms with Crippen molar-refractivity contribution in [2.45, 2.75) is 19.8 Å². The van der Waals surface area contributed by atoms with E-state index in [2.05, 4.69) is 0 Å². The fourth-order valence-electron chi connectivity index (χ4n) is 2.34. The van der Waals surface area contributed by atoms with E-state index in [0.717, 1.165) is 0 Å². The van der Waals surface area contributed by atoms with Crippen LogP contribution in [-0.4, -0.2) is 61.2 Å². The summed E-state index contributed by atoms with van der Waals surface area (Å²) in [5.74, 6) is -0.0232. The lowest BCUT2D eigenvalue weighted by atomic mass is 10.1. The molecule has 122 valence electrons. The van der Waals surface area contributed by atoms with E-state index in [4.69, 9.17) is 0 Å². The number of Topliss-reactive ketones (excluding diaryl/α,β-unsaturated/α-hetero) is 1. The summed E-state index contributed by atoms with van der Waals surface area (Å²) in [6.07, 6.45) is 0.379. The summed E-state index contributed by atoms with van der Waals surface area (Å²) in [5, 5.41) is 1.84. The van der Waals surface area contributed by atoms with Gasteiger partial charge in [0.15, 0.2) is 5.78 Å². The Kier molecular flexibility index (Phi) is 5.71. The first kappa shape index (κ1) is 17.1. The van der Waals surface area contributed by atoms with E-state index >= 15 is 0 Å². The van der Waals surface area contributed by atoms with Crippen molar-refractivity contribution in [1.82, 2.24) is 9.21 Å². The fraction of sp³-hybridized carbons (Fsp3) is 0.571. The Bertz CT molecular complexity index is 617. The van der Waals surface area contributed by atoms with Crippen LogP contribution in [0.1, 0.15) is 29.4 Å². The monoisotopic (exact) mass is 344 g/mol. The zero-order chi connectivity index (χ0) is 16.2. The Morgan fingerprint density at radius 3 is 2.41 bits per heavy atom. The zero-order valence-electron chi connectivity index (χ0n) is 12.5. The highest BCUT2D eigenvalue weighted by Crippen LogP contribution is 2.14. The van der Waals surface area contributed by atoms with Gasteiger partial charge in [0.2, 0.25) is 15.9 Å². The van der Waals surface area contributed by atoms with Crippen LogP contribution in [0.15, 0.2) is 17.5 Å². The molecule has 2 heterocycles. The van der Waals surface area contributed by atoms with Crippen LogP contribution < -0.4 is 0 Å². The third-order valence-corrected chi connectivity index (χ3v) is 6.50. The molecule has 8 heteroatoms. The number of rotatable bonds is 6. The predicted octanol–water partition coefficient (Wildman–Crippen LogP) is 1.20. The first-order chi connectivity index (χ1) is 10.4. The maximum Gasteiger partial charge on any atom is 0.223 e. The van der Waals surface area contributed by atoms with E-state index < -0.39 is 10.0 Å². The smallest absolute Gasteiger partial charge is 0.223 e. The molecule has 0 N–H and O–H groups in total. The number of nitrogens with zero attached hydrogens (tertiary/aromatic N) is 2. The van der Waals surface area contributed by atoms with E-state index in [1.807, 2.05) is 11.4 Å². The number of sulfonamides is 1. The van der Waals surface area contributed by atoms with Crippen LogP contribution in [0, 0.1) is 0 Å². The number of hydrogen-bond acceptors (Lipinski definition) is 5. The Labute approximate surface area is 134 Å². The Morgan fingerprint density at radius 1 is 1.18 bits per heavy atom. The van der Waals surface area contributed by atoms with Crippen LogP contribution in [0.5, 0.6) is 0 Å². The summed E-state index contributed by atoms with van der Waals surface area (Å²) in [5.41, 5.74) is 0. The van der Waals surface area contributed by atoms with Gasteiger partial charge >= 0.3 is 0 Å². The SMILES string of the molecule is CCS(=O)(=O)N1CCN(C(=O)CCC(=O)c2cccs2)CC1. The van der Waals surface area contributed by atoms with Crippen LogP contribution in [0.2, 0.25) is 0 Å². The average Bonchev–Trinajstić information content (AvgIpc) is 3.07. The minimum absolute atomic E-state index is 0.0180. The van der Waals surface area contributed by atoms with E-state index in [1.54, 1.807) is 17.9 Å². The second kappa shape index (κ2) is 7.34. The average molecular weight is 344 g/mol. The molecule has 0 aromatic carbocycles. The molecule has 0 unspecified atom stereocenters. The number of ketones is 1. The maximum absolute atomic E-state index is 12.1. The normalized spacial score (nSPS) is 16.7. The molecule has 1 aliphatic rings. The minimum atomic E-state index is -3.18. The topological polar surface area (TPSA) is 74.8 Å². The van der Waals surface area contributed by atoms with Crippen LogP contribution in [0.25, 0.3) is 0 Å². The minimum Gasteiger partial charge on any atom is -0.340 e. The standard InChI is InChI=1S/C14H20N2O4S2/c1-2-22(19,20)16-9-7-15(8-10-16)14(18)6-5-12(17)13-4-3-11-21-13/h3-4,11H,2,5-10H2,1H3. The lowest BCUT2D eigenvalue weighted by Crippen LogP contribution is -2.50. The van der Waals surface area contributed by atoms with Crippen molar-refractivity contribution in [2.75, 3.05) is 31.9 Å². The van der Waals surface area contributed by atoms with Gasteiger partial charge in [0.1, 0.15) is 0 Å². The number of carbonyl (C=O) groups is 2. The molecule has 1 fully saturated rings. The highest BCUT2D eigenvalue weighted by molar-refractivity contribution is 7.89. The van der Waals surface area contributed by atoms with Gasteiger partial charge < -0.3 is 4.90 Å². The van der Waals surface area contributed by atoms with Gasteiger partial charge in [-0.3, -0.25) is 9.59 Å². The highest BCUT2D eigenvalue weighted by atomic mass is 32.2. The van der Waals surface area contributed by atoms with Crippen LogP contribution in [-0.2, 0) is 14.8 Å².